The molecule has 0 fully saturated rings. The normalized spacial score (nSPS) is 14.3. The molecule has 0 bridgehead atoms. The molecule has 0 radical (unpaired) electrons. The number of thiophene rings is 1. The van der Waals surface area contributed by atoms with Crippen molar-refractivity contribution in [3.8, 4) is 6.07 Å². The molecule has 1 heterocycles. The fourth-order valence-electron chi connectivity index (χ4n) is 2.90. The maximum absolute atomic E-state index is 12.4. The number of hydrogen-bond donors (Lipinski definition) is 1. The molecule has 2 aromatic rings. The van der Waals surface area contributed by atoms with E-state index < -0.39 is 0 Å². The van der Waals surface area contributed by atoms with Crippen molar-refractivity contribution in [1.82, 2.24) is 0 Å². The lowest BCUT2D eigenvalue weighted by Gasteiger charge is -2.08. The number of fused-ring (bicyclic) bond motifs is 1. The highest BCUT2D eigenvalue weighted by atomic mass is 35.5. The Labute approximate surface area is 144 Å². The first-order chi connectivity index (χ1) is 11.2. The van der Waals surface area contributed by atoms with E-state index in [0.717, 1.165) is 31.2 Å². The predicted octanol–water partition coefficient (Wildman–Crippen LogP) is 5.18. The van der Waals surface area contributed by atoms with Gasteiger partial charge in [-0.2, -0.15) is 5.26 Å². The van der Waals surface area contributed by atoms with Gasteiger partial charge in [-0.1, -0.05) is 24.4 Å². The Morgan fingerprint density at radius 2 is 1.83 bits per heavy atom. The molecule has 118 valence electrons. The SMILES string of the molecule is N#Cc1c(NC(=O)c2ccc(Cl)cc2)sc2c1CCCCCC2. The van der Waals surface area contributed by atoms with Crippen LogP contribution in [0.25, 0.3) is 0 Å². The predicted molar refractivity (Wildman–Crippen MR) is 94.3 cm³/mol. The van der Waals surface area contributed by atoms with Gasteiger partial charge >= 0.3 is 0 Å². The van der Waals surface area contributed by atoms with Crippen LogP contribution in [-0.4, -0.2) is 5.91 Å². The number of nitrogens with one attached hydrogen (secondary N) is 1. The lowest BCUT2D eigenvalue weighted by Crippen LogP contribution is -2.11. The van der Waals surface area contributed by atoms with Crippen LogP contribution in [0.15, 0.2) is 24.3 Å². The monoisotopic (exact) mass is 344 g/mol. The molecular weight excluding hydrogens is 328 g/mol. The van der Waals surface area contributed by atoms with Crippen molar-refractivity contribution in [2.75, 3.05) is 5.32 Å². The van der Waals surface area contributed by atoms with Gasteiger partial charge in [0.05, 0.1) is 5.56 Å². The third-order valence-electron chi connectivity index (χ3n) is 4.12. The molecule has 1 amide bonds. The van der Waals surface area contributed by atoms with Crippen LogP contribution in [0, 0.1) is 11.3 Å². The number of nitriles is 1. The summed E-state index contributed by atoms with van der Waals surface area (Å²) in [5, 5.41) is 13.7. The Morgan fingerprint density at radius 3 is 2.52 bits per heavy atom. The summed E-state index contributed by atoms with van der Waals surface area (Å²) < 4.78 is 0. The molecule has 0 aliphatic heterocycles. The van der Waals surface area contributed by atoms with E-state index in [2.05, 4.69) is 11.4 Å². The molecule has 1 aromatic heterocycles. The van der Waals surface area contributed by atoms with Gasteiger partial charge in [-0.25, -0.2) is 0 Å². The number of amides is 1. The van der Waals surface area contributed by atoms with Crippen LogP contribution in [0.4, 0.5) is 5.00 Å². The van der Waals surface area contributed by atoms with Crippen LogP contribution >= 0.6 is 22.9 Å². The Hall–Kier alpha value is -1.83. The van der Waals surface area contributed by atoms with Crippen LogP contribution < -0.4 is 5.32 Å². The Kier molecular flexibility index (Phi) is 5.00. The summed E-state index contributed by atoms with van der Waals surface area (Å²) in [5.74, 6) is -0.201. The molecule has 1 aliphatic rings. The second kappa shape index (κ2) is 7.16. The first-order valence-corrected chi connectivity index (χ1v) is 9.00. The topological polar surface area (TPSA) is 52.9 Å². The smallest absolute Gasteiger partial charge is 0.256 e. The molecule has 1 N–H and O–H groups in total. The lowest BCUT2D eigenvalue weighted by atomic mass is 9.97. The molecule has 5 heteroatoms. The van der Waals surface area contributed by atoms with Crippen molar-refractivity contribution in [1.29, 1.82) is 5.26 Å². The van der Waals surface area contributed by atoms with Crippen molar-refractivity contribution in [3.05, 3.63) is 50.9 Å². The highest BCUT2D eigenvalue weighted by molar-refractivity contribution is 7.16. The molecule has 0 unspecified atom stereocenters. The molecule has 0 saturated carbocycles. The summed E-state index contributed by atoms with van der Waals surface area (Å²) in [6, 6.07) is 9.05. The van der Waals surface area contributed by atoms with Gasteiger partial charge in [0.2, 0.25) is 0 Å². The van der Waals surface area contributed by atoms with E-state index in [0.29, 0.717) is 21.2 Å². The number of halogens is 1. The van der Waals surface area contributed by atoms with Crippen LogP contribution in [0.1, 0.15) is 52.0 Å². The molecular formula is C18H17ClN2OS. The second-order valence-corrected chi connectivity index (χ2v) is 7.24. The minimum absolute atomic E-state index is 0.201. The molecule has 0 atom stereocenters. The average molecular weight is 345 g/mol. The largest absolute Gasteiger partial charge is 0.312 e. The number of rotatable bonds is 2. The summed E-state index contributed by atoms with van der Waals surface area (Å²) in [5.41, 5.74) is 2.33. The van der Waals surface area contributed by atoms with Crippen molar-refractivity contribution < 1.29 is 4.79 Å². The van der Waals surface area contributed by atoms with E-state index in [1.54, 1.807) is 35.6 Å². The maximum Gasteiger partial charge on any atom is 0.256 e. The first kappa shape index (κ1) is 16.0. The summed E-state index contributed by atoms with van der Waals surface area (Å²) in [6.07, 6.45) is 6.67. The molecule has 3 rings (SSSR count). The fourth-order valence-corrected chi connectivity index (χ4v) is 4.26. The van der Waals surface area contributed by atoms with E-state index in [1.807, 2.05) is 0 Å². The summed E-state index contributed by atoms with van der Waals surface area (Å²) in [4.78, 5) is 13.6. The van der Waals surface area contributed by atoms with Gasteiger partial charge in [-0.05, 0) is 55.5 Å². The number of anilines is 1. The Bertz CT molecular complexity index is 759. The first-order valence-electron chi connectivity index (χ1n) is 7.80. The van der Waals surface area contributed by atoms with Crippen LogP contribution in [0.2, 0.25) is 5.02 Å². The third-order valence-corrected chi connectivity index (χ3v) is 5.58. The molecule has 0 saturated heterocycles. The van der Waals surface area contributed by atoms with Crippen molar-refractivity contribution in [3.63, 3.8) is 0 Å². The van der Waals surface area contributed by atoms with Gasteiger partial charge in [-0.15, -0.1) is 11.3 Å². The van der Waals surface area contributed by atoms with E-state index in [4.69, 9.17) is 11.6 Å². The zero-order valence-corrected chi connectivity index (χ0v) is 14.3. The van der Waals surface area contributed by atoms with Crippen LogP contribution in [0.5, 0.6) is 0 Å². The summed E-state index contributed by atoms with van der Waals surface area (Å²) in [7, 11) is 0. The number of benzene rings is 1. The standard InChI is InChI=1S/C18H17ClN2OS/c19-13-9-7-12(8-10-13)17(22)21-18-15(11-20)14-5-3-1-2-4-6-16(14)23-18/h7-10H,1-6H2,(H,21,22). The van der Waals surface area contributed by atoms with Gasteiger partial charge in [0.1, 0.15) is 11.1 Å². The van der Waals surface area contributed by atoms with Crippen molar-refractivity contribution in [2.24, 2.45) is 0 Å². The molecule has 1 aliphatic carbocycles. The molecule has 3 nitrogen and oxygen atoms in total. The Morgan fingerprint density at radius 1 is 1.13 bits per heavy atom. The average Bonchev–Trinajstić information content (AvgIpc) is 2.83. The summed E-state index contributed by atoms with van der Waals surface area (Å²) in [6.45, 7) is 0. The van der Waals surface area contributed by atoms with E-state index >= 15 is 0 Å². The zero-order valence-electron chi connectivity index (χ0n) is 12.7. The van der Waals surface area contributed by atoms with Crippen LogP contribution in [0.3, 0.4) is 0 Å². The second-order valence-electron chi connectivity index (χ2n) is 5.69. The summed E-state index contributed by atoms with van der Waals surface area (Å²) >= 11 is 7.41. The van der Waals surface area contributed by atoms with Gasteiger partial charge in [0.15, 0.2) is 0 Å². The highest BCUT2D eigenvalue weighted by Crippen LogP contribution is 2.36. The van der Waals surface area contributed by atoms with Gasteiger partial charge in [0.25, 0.3) is 5.91 Å². The zero-order chi connectivity index (χ0) is 16.2. The molecule has 0 spiro atoms. The van der Waals surface area contributed by atoms with Gasteiger partial charge in [0, 0.05) is 15.5 Å². The highest BCUT2D eigenvalue weighted by Gasteiger charge is 2.20. The van der Waals surface area contributed by atoms with Crippen LogP contribution in [-0.2, 0) is 12.8 Å². The minimum Gasteiger partial charge on any atom is -0.312 e. The van der Waals surface area contributed by atoms with Crippen molar-refractivity contribution in [2.45, 2.75) is 38.5 Å². The number of carbonyl (C=O) groups excluding carboxylic acids is 1. The van der Waals surface area contributed by atoms with Crippen molar-refractivity contribution >= 4 is 33.8 Å². The molecule has 23 heavy (non-hydrogen) atoms. The lowest BCUT2D eigenvalue weighted by molar-refractivity contribution is 0.102. The minimum atomic E-state index is -0.201. The number of hydrogen-bond acceptors (Lipinski definition) is 3. The van der Waals surface area contributed by atoms with E-state index in [-0.39, 0.29) is 5.91 Å². The number of aryl methyl sites for hydroxylation is 1. The maximum atomic E-state index is 12.4. The fraction of sp³-hybridized carbons (Fsp3) is 0.333. The number of nitrogens with zero attached hydrogens (tertiary/aromatic N) is 1. The van der Waals surface area contributed by atoms with Gasteiger partial charge in [-0.3, -0.25) is 4.79 Å². The molecule has 1 aromatic carbocycles. The van der Waals surface area contributed by atoms with E-state index in [1.165, 1.54) is 17.7 Å². The third kappa shape index (κ3) is 3.57. The van der Waals surface area contributed by atoms with E-state index in [9.17, 15) is 10.1 Å². The van der Waals surface area contributed by atoms with Gasteiger partial charge < -0.3 is 5.32 Å². The Balaban J connectivity index is 1.87. The quantitative estimate of drug-likeness (QED) is 0.815. The number of carbonyl (C=O) groups is 1.